The van der Waals surface area contributed by atoms with Crippen LogP contribution in [0.1, 0.15) is 35.8 Å². The first-order valence-corrected chi connectivity index (χ1v) is 7.27. The van der Waals surface area contributed by atoms with Crippen LogP contribution in [-0.2, 0) is 18.3 Å². The van der Waals surface area contributed by atoms with Crippen molar-refractivity contribution in [3.63, 3.8) is 0 Å². The van der Waals surface area contributed by atoms with Crippen LogP contribution in [0.2, 0.25) is 0 Å². The van der Waals surface area contributed by atoms with E-state index in [2.05, 4.69) is 25.4 Å². The summed E-state index contributed by atoms with van der Waals surface area (Å²) in [5, 5.41) is 24.1. The van der Waals surface area contributed by atoms with E-state index in [1.54, 1.807) is 17.8 Å². The Labute approximate surface area is 127 Å². The minimum absolute atomic E-state index is 0.126. The largest absolute Gasteiger partial charge is 0.393 e. The molecule has 2 aromatic rings. The molecule has 1 aliphatic rings. The molecule has 22 heavy (non-hydrogen) atoms. The van der Waals surface area contributed by atoms with Crippen molar-refractivity contribution in [3.05, 3.63) is 29.3 Å². The van der Waals surface area contributed by atoms with E-state index >= 15 is 0 Å². The first-order chi connectivity index (χ1) is 10.5. The van der Waals surface area contributed by atoms with Gasteiger partial charge in [0.1, 0.15) is 11.4 Å². The van der Waals surface area contributed by atoms with Gasteiger partial charge in [-0.2, -0.15) is 5.10 Å². The van der Waals surface area contributed by atoms with Crippen LogP contribution >= 0.6 is 0 Å². The van der Waals surface area contributed by atoms with Gasteiger partial charge in [0.25, 0.3) is 0 Å². The van der Waals surface area contributed by atoms with Gasteiger partial charge >= 0.3 is 0 Å². The lowest BCUT2D eigenvalue weighted by atomic mass is 9.75. The number of nitrogens with zero attached hydrogens (tertiary/aromatic N) is 4. The number of hydrogen-bond donors (Lipinski definition) is 2. The van der Waals surface area contributed by atoms with Gasteiger partial charge in [0.05, 0.1) is 24.8 Å². The van der Waals surface area contributed by atoms with Gasteiger partial charge in [-0.25, -0.2) is 4.63 Å². The van der Waals surface area contributed by atoms with Gasteiger partial charge < -0.3 is 10.4 Å². The Hall–Kier alpha value is -2.22. The molecule has 8 heteroatoms. The molecule has 2 N–H and O–H groups in total. The van der Waals surface area contributed by atoms with Crippen molar-refractivity contribution in [2.24, 2.45) is 13.0 Å². The number of aliphatic hydroxyl groups excluding tert-OH is 1. The molecule has 1 fully saturated rings. The molecule has 0 bridgehead atoms. The Morgan fingerprint density at radius 3 is 2.86 bits per heavy atom. The summed E-state index contributed by atoms with van der Waals surface area (Å²) in [6.45, 7) is 1.75. The molecule has 1 atom stereocenters. The molecule has 0 spiro atoms. The van der Waals surface area contributed by atoms with Gasteiger partial charge in [-0.3, -0.25) is 9.48 Å². The fourth-order valence-electron chi connectivity index (χ4n) is 2.76. The normalized spacial score (nSPS) is 22.1. The van der Waals surface area contributed by atoms with Crippen molar-refractivity contribution in [2.45, 2.75) is 38.3 Å². The number of aryl methyl sites for hydroxylation is 2. The second kappa shape index (κ2) is 5.88. The summed E-state index contributed by atoms with van der Waals surface area (Å²) in [6.07, 6.45) is 4.86. The van der Waals surface area contributed by atoms with Crippen LogP contribution in [0.3, 0.4) is 0 Å². The third-order valence-electron chi connectivity index (χ3n) is 4.10. The highest BCUT2D eigenvalue weighted by Gasteiger charge is 2.36. The maximum absolute atomic E-state index is 12.3. The SMILES string of the molecule is Cc1nonc1CC(=O)NC(c1cnn(C)c1)C1CC(O)C1. The van der Waals surface area contributed by atoms with Gasteiger partial charge in [-0.05, 0) is 25.7 Å². The fourth-order valence-corrected chi connectivity index (χ4v) is 2.76. The third-order valence-corrected chi connectivity index (χ3v) is 4.10. The number of nitrogens with one attached hydrogen (secondary N) is 1. The first-order valence-electron chi connectivity index (χ1n) is 7.27. The van der Waals surface area contributed by atoms with Gasteiger partial charge in [0.15, 0.2) is 0 Å². The van der Waals surface area contributed by atoms with E-state index in [4.69, 9.17) is 0 Å². The highest BCUT2D eigenvalue weighted by molar-refractivity contribution is 5.78. The molecule has 1 aliphatic carbocycles. The minimum atomic E-state index is -0.275. The molecule has 8 nitrogen and oxygen atoms in total. The van der Waals surface area contributed by atoms with Crippen LogP contribution in [0.25, 0.3) is 0 Å². The van der Waals surface area contributed by atoms with Crippen LogP contribution in [-0.4, -0.2) is 37.2 Å². The Bertz CT molecular complexity index is 659. The molecule has 2 heterocycles. The Kier molecular flexibility index (Phi) is 3.93. The van der Waals surface area contributed by atoms with Crippen LogP contribution in [0.15, 0.2) is 17.0 Å². The summed E-state index contributed by atoms with van der Waals surface area (Å²) < 4.78 is 6.31. The zero-order valence-electron chi connectivity index (χ0n) is 12.6. The summed E-state index contributed by atoms with van der Waals surface area (Å²) >= 11 is 0. The quantitative estimate of drug-likeness (QED) is 0.822. The first kappa shape index (κ1) is 14.7. The second-order valence-electron chi connectivity index (χ2n) is 5.85. The van der Waals surface area contributed by atoms with E-state index in [0.717, 1.165) is 5.56 Å². The average Bonchev–Trinajstić information content (AvgIpc) is 3.02. The highest BCUT2D eigenvalue weighted by atomic mass is 16.6. The number of carbonyl (C=O) groups is 1. The standard InChI is InChI=1S/C14H19N5O3/c1-8-12(18-22-17-8)5-13(21)16-14(9-3-11(20)4-9)10-6-15-19(2)7-10/h6-7,9,11,14,20H,3-5H2,1-2H3,(H,16,21). The van der Waals surface area contributed by atoms with E-state index in [1.807, 2.05) is 13.2 Å². The van der Waals surface area contributed by atoms with Crippen LogP contribution in [0, 0.1) is 12.8 Å². The number of amides is 1. The molecule has 3 rings (SSSR count). The van der Waals surface area contributed by atoms with Crippen LogP contribution in [0.4, 0.5) is 0 Å². The molecular formula is C14H19N5O3. The maximum atomic E-state index is 12.3. The molecule has 0 radical (unpaired) electrons. The van der Waals surface area contributed by atoms with Crippen molar-refractivity contribution in [3.8, 4) is 0 Å². The molecule has 118 valence electrons. The van der Waals surface area contributed by atoms with Crippen LogP contribution in [0.5, 0.6) is 0 Å². The summed E-state index contributed by atoms with van der Waals surface area (Å²) in [4.78, 5) is 12.3. The average molecular weight is 305 g/mol. The van der Waals surface area contributed by atoms with Crippen molar-refractivity contribution in [2.75, 3.05) is 0 Å². The Balaban J connectivity index is 1.70. The van der Waals surface area contributed by atoms with E-state index < -0.39 is 0 Å². The molecule has 0 aromatic carbocycles. The Morgan fingerprint density at radius 1 is 1.55 bits per heavy atom. The smallest absolute Gasteiger partial charge is 0.226 e. The minimum Gasteiger partial charge on any atom is -0.393 e. The maximum Gasteiger partial charge on any atom is 0.226 e. The summed E-state index contributed by atoms with van der Waals surface area (Å²) in [5.74, 6) is 0.0775. The lowest BCUT2D eigenvalue weighted by Gasteiger charge is -2.37. The predicted octanol–water partition coefficient (Wildman–Crippen LogP) is 0.282. The lowest BCUT2D eigenvalue weighted by Crippen LogP contribution is -2.41. The number of rotatable bonds is 5. The molecule has 1 unspecified atom stereocenters. The van der Waals surface area contributed by atoms with E-state index in [1.165, 1.54) is 0 Å². The molecule has 2 aromatic heterocycles. The molecule has 1 saturated carbocycles. The summed E-state index contributed by atoms with van der Waals surface area (Å²) in [7, 11) is 1.84. The Morgan fingerprint density at radius 2 is 2.32 bits per heavy atom. The van der Waals surface area contributed by atoms with Gasteiger partial charge in [-0.15, -0.1) is 0 Å². The predicted molar refractivity (Wildman–Crippen MR) is 75.6 cm³/mol. The fraction of sp³-hybridized carbons (Fsp3) is 0.571. The van der Waals surface area contributed by atoms with E-state index in [-0.39, 0.29) is 30.4 Å². The number of hydrogen-bond acceptors (Lipinski definition) is 6. The molecule has 1 amide bonds. The molecular weight excluding hydrogens is 286 g/mol. The molecule has 0 saturated heterocycles. The zero-order valence-corrected chi connectivity index (χ0v) is 12.6. The molecule has 0 aliphatic heterocycles. The van der Waals surface area contributed by atoms with Crippen molar-refractivity contribution in [1.82, 2.24) is 25.4 Å². The van der Waals surface area contributed by atoms with Crippen molar-refractivity contribution < 1.29 is 14.5 Å². The van der Waals surface area contributed by atoms with E-state index in [0.29, 0.717) is 24.2 Å². The van der Waals surface area contributed by atoms with Gasteiger partial charge in [0.2, 0.25) is 5.91 Å². The van der Waals surface area contributed by atoms with E-state index in [9.17, 15) is 9.90 Å². The highest BCUT2D eigenvalue weighted by Crippen LogP contribution is 2.37. The van der Waals surface area contributed by atoms with Crippen molar-refractivity contribution in [1.29, 1.82) is 0 Å². The zero-order chi connectivity index (χ0) is 15.7. The van der Waals surface area contributed by atoms with Gasteiger partial charge in [0, 0.05) is 18.8 Å². The summed E-state index contributed by atoms with van der Waals surface area (Å²) in [5.41, 5.74) is 2.10. The summed E-state index contributed by atoms with van der Waals surface area (Å²) in [6, 6.07) is -0.148. The lowest BCUT2D eigenvalue weighted by molar-refractivity contribution is -0.122. The number of carbonyl (C=O) groups excluding carboxylic acids is 1. The number of aromatic nitrogens is 4. The second-order valence-corrected chi connectivity index (χ2v) is 5.85. The number of aliphatic hydroxyl groups is 1. The topological polar surface area (TPSA) is 106 Å². The monoisotopic (exact) mass is 305 g/mol. The van der Waals surface area contributed by atoms with Crippen molar-refractivity contribution >= 4 is 5.91 Å². The van der Waals surface area contributed by atoms with Crippen LogP contribution < -0.4 is 5.32 Å². The third kappa shape index (κ3) is 3.01. The van der Waals surface area contributed by atoms with Gasteiger partial charge in [-0.1, -0.05) is 10.3 Å².